The number of carbonyl (C=O) groups is 1. The van der Waals surface area contributed by atoms with Crippen LogP contribution >= 0.6 is 0 Å². The van der Waals surface area contributed by atoms with E-state index in [1.54, 1.807) is 18.2 Å². The quantitative estimate of drug-likeness (QED) is 0.682. The van der Waals surface area contributed by atoms with E-state index in [0.717, 1.165) is 16.5 Å². The molecule has 0 aliphatic carbocycles. The molecule has 3 aromatic rings. The van der Waals surface area contributed by atoms with Gasteiger partial charge in [-0.1, -0.05) is 18.2 Å². The fourth-order valence-corrected chi connectivity index (χ4v) is 2.99. The molecule has 1 atom stereocenters. The van der Waals surface area contributed by atoms with Crippen molar-refractivity contribution < 1.29 is 14.3 Å². The van der Waals surface area contributed by atoms with Crippen molar-refractivity contribution >= 4 is 22.5 Å². The fraction of sp³-hybridized carbons (Fsp3) is 0.211. The normalized spacial score (nSPS) is 14.3. The first kappa shape index (κ1) is 15.5. The fourth-order valence-electron chi connectivity index (χ4n) is 2.99. The maximum atomic E-state index is 12.4. The van der Waals surface area contributed by atoms with E-state index < -0.39 is 6.04 Å². The molecule has 1 amide bonds. The molecule has 0 radical (unpaired) electrons. The van der Waals surface area contributed by atoms with Gasteiger partial charge >= 0.3 is 0 Å². The molecule has 4 rings (SSSR count). The number of amides is 1. The van der Waals surface area contributed by atoms with E-state index in [0.29, 0.717) is 36.8 Å². The number of nitrogens with one attached hydrogen (secondary N) is 2. The lowest BCUT2D eigenvalue weighted by Crippen LogP contribution is -2.37. The molecule has 1 aliphatic heterocycles. The van der Waals surface area contributed by atoms with Crippen LogP contribution in [0.2, 0.25) is 0 Å². The van der Waals surface area contributed by atoms with Gasteiger partial charge in [0.25, 0.3) is 0 Å². The number of rotatable bonds is 4. The number of para-hydroxylation sites is 1. The van der Waals surface area contributed by atoms with Crippen molar-refractivity contribution in [3.8, 4) is 11.5 Å². The molecule has 1 aliphatic rings. The van der Waals surface area contributed by atoms with E-state index >= 15 is 0 Å². The number of hydrogen-bond acceptors (Lipinski definition) is 4. The summed E-state index contributed by atoms with van der Waals surface area (Å²) < 4.78 is 11.0. The monoisotopic (exact) mass is 337 g/mol. The molecular formula is C19H19N3O3. The molecule has 2 heterocycles. The van der Waals surface area contributed by atoms with E-state index in [2.05, 4.69) is 10.3 Å². The van der Waals surface area contributed by atoms with Gasteiger partial charge in [0.1, 0.15) is 13.2 Å². The predicted molar refractivity (Wildman–Crippen MR) is 96.0 cm³/mol. The molecule has 0 spiro atoms. The van der Waals surface area contributed by atoms with Crippen LogP contribution in [0.3, 0.4) is 0 Å². The topological polar surface area (TPSA) is 89.4 Å². The second kappa shape index (κ2) is 6.49. The maximum Gasteiger partial charge on any atom is 0.241 e. The summed E-state index contributed by atoms with van der Waals surface area (Å²) in [6.45, 7) is 1.04. The van der Waals surface area contributed by atoms with Crippen LogP contribution in [-0.4, -0.2) is 30.1 Å². The zero-order chi connectivity index (χ0) is 17.2. The minimum atomic E-state index is -0.646. The summed E-state index contributed by atoms with van der Waals surface area (Å²) in [6, 6.07) is 12.6. The van der Waals surface area contributed by atoms with Crippen LogP contribution < -0.4 is 20.5 Å². The number of fused-ring (bicyclic) bond motifs is 2. The third-order valence-corrected chi connectivity index (χ3v) is 4.26. The van der Waals surface area contributed by atoms with Crippen LogP contribution in [0, 0.1) is 0 Å². The molecule has 0 unspecified atom stereocenters. The van der Waals surface area contributed by atoms with Crippen molar-refractivity contribution in [3.63, 3.8) is 0 Å². The highest BCUT2D eigenvalue weighted by molar-refractivity contribution is 5.95. The van der Waals surface area contributed by atoms with Crippen molar-refractivity contribution in [2.45, 2.75) is 12.5 Å². The van der Waals surface area contributed by atoms with Gasteiger partial charge in [-0.25, -0.2) is 0 Å². The molecule has 6 heteroatoms. The zero-order valence-corrected chi connectivity index (χ0v) is 13.6. The molecule has 128 valence electrons. The zero-order valence-electron chi connectivity index (χ0n) is 13.6. The van der Waals surface area contributed by atoms with Gasteiger partial charge in [0.2, 0.25) is 5.91 Å². The Morgan fingerprint density at radius 2 is 1.96 bits per heavy atom. The first-order chi connectivity index (χ1) is 12.2. The Hall–Kier alpha value is -2.99. The SMILES string of the molecule is N[C@@H](Cc1c[nH]c2ccccc12)C(=O)Nc1ccc2c(c1)OCCO2. The van der Waals surface area contributed by atoms with Crippen LogP contribution in [0.1, 0.15) is 5.56 Å². The summed E-state index contributed by atoms with van der Waals surface area (Å²) in [5.41, 5.74) is 8.81. The number of aromatic amines is 1. The number of ether oxygens (including phenoxy) is 2. The van der Waals surface area contributed by atoms with E-state index in [1.165, 1.54) is 0 Å². The number of benzene rings is 2. The summed E-state index contributed by atoms with van der Waals surface area (Å²) in [6.07, 6.45) is 2.36. The van der Waals surface area contributed by atoms with Gasteiger partial charge in [-0.2, -0.15) is 0 Å². The summed E-state index contributed by atoms with van der Waals surface area (Å²) in [5, 5.41) is 3.93. The van der Waals surface area contributed by atoms with Gasteiger partial charge in [-0.3, -0.25) is 4.79 Å². The second-order valence-electron chi connectivity index (χ2n) is 6.02. The number of aromatic nitrogens is 1. The van der Waals surface area contributed by atoms with Crippen LogP contribution in [-0.2, 0) is 11.2 Å². The number of anilines is 1. The Morgan fingerprint density at radius 3 is 2.84 bits per heavy atom. The van der Waals surface area contributed by atoms with Crippen molar-refractivity contribution in [3.05, 3.63) is 54.2 Å². The summed E-state index contributed by atoms with van der Waals surface area (Å²) in [5.74, 6) is 1.09. The molecule has 0 bridgehead atoms. The van der Waals surface area contributed by atoms with E-state index in [-0.39, 0.29) is 5.91 Å². The minimum absolute atomic E-state index is 0.234. The van der Waals surface area contributed by atoms with Crippen molar-refractivity contribution in [1.29, 1.82) is 0 Å². The molecule has 1 aromatic heterocycles. The third-order valence-electron chi connectivity index (χ3n) is 4.26. The van der Waals surface area contributed by atoms with Gasteiger partial charge in [0, 0.05) is 28.9 Å². The highest BCUT2D eigenvalue weighted by Gasteiger charge is 2.18. The van der Waals surface area contributed by atoms with Crippen LogP contribution in [0.15, 0.2) is 48.7 Å². The molecule has 0 saturated carbocycles. The van der Waals surface area contributed by atoms with Gasteiger partial charge in [-0.05, 0) is 30.2 Å². The standard InChI is InChI=1S/C19H19N3O3/c20-15(9-12-11-21-16-4-2-1-3-14(12)16)19(23)22-13-5-6-17-18(10-13)25-8-7-24-17/h1-6,10-11,15,21H,7-9,20H2,(H,22,23)/t15-/m0/s1. The first-order valence-corrected chi connectivity index (χ1v) is 8.22. The van der Waals surface area contributed by atoms with E-state index in [4.69, 9.17) is 15.2 Å². The molecule has 6 nitrogen and oxygen atoms in total. The molecule has 25 heavy (non-hydrogen) atoms. The number of hydrogen-bond donors (Lipinski definition) is 3. The Bertz CT molecular complexity index is 919. The first-order valence-electron chi connectivity index (χ1n) is 8.22. The van der Waals surface area contributed by atoms with Crippen LogP contribution in [0.4, 0.5) is 5.69 Å². The Labute approximate surface area is 144 Å². The van der Waals surface area contributed by atoms with Crippen molar-refractivity contribution in [2.24, 2.45) is 5.73 Å². The minimum Gasteiger partial charge on any atom is -0.486 e. The molecule has 0 saturated heterocycles. The number of nitrogens with two attached hydrogens (primary N) is 1. The smallest absolute Gasteiger partial charge is 0.241 e. The van der Waals surface area contributed by atoms with Gasteiger partial charge in [-0.15, -0.1) is 0 Å². The Balaban J connectivity index is 1.45. The average Bonchev–Trinajstić information content (AvgIpc) is 3.04. The average molecular weight is 337 g/mol. The largest absolute Gasteiger partial charge is 0.486 e. The summed E-state index contributed by atoms with van der Waals surface area (Å²) in [7, 11) is 0. The lowest BCUT2D eigenvalue weighted by Gasteiger charge is -2.19. The number of H-pyrrole nitrogens is 1. The number of carbonyl (C=O) groups excluding carboxylic acids is 1. The molecule has 0 fully saturated rings. The lowest BCUT2D eigenvalue weighted by atomic mass is 10.0. The molecular weight excluding hydrogens is 318 g/mol. The Morgan fingerprint density at radius 1 is 1.16 bits per heavy atom. The molecule has 2 aromatic carbocycles. The lowest BCUT2D eigenvalue weighted by molar-refractivity contribution is -0.117. The van der Waals surface area contributed by atoms with Gasteiger partial charge < -0.3 is 25.5 Å². The highest BCUT2D eigenvalue weighted by Crippen LogP contribution is 2.32. The van der Waals surface area contributed by atoms with Crippen molar-refractivity contribution in [1.82, 2.24) is 4.98 Å². The summed E-state index contributed by atoms with van der Waals surface area (Å²) >= 11 is 0. The van der Waals surface area contributed by atoms with Gasteiger partial charge in [0.05, 0.1) is 6.04 Å². The van der Waals surface area contributed by atoms with E-state index in [1.807, 2.05) is 30.5 Å². The second-order valence-corrected chi connectivity index (χ2v) is 6.02. The predicted octanol–water partition coefficient (Wildman–Crippen LogP) is 2.45. The van der Waals surface area contributed by atoms with E-state index in [9.17, 15) is 4.79 Å². The van der Waals surface area contributed by atoms with Gasteiger partial charge in [0.15, 0.2) is 11.5 Å². The Kier molecular flexibility index (Phi) is 4.03. The highest BCUT2D eigenvalue weighted by atomic mass is 16.6. The summed E-state index contributed by atoms with van der Waals surface area (Å²) in [4.78, 5) is 15.6. The van der Waals surface area contributed by atoms with Crippen LogP contribution in [0.5, 0.6) is 11.5 Å². The maximum absolute atomic E-state index is 12.4. The van der Waals surface area contributed by atoms with Crippen molar-refractivity contribution in [2.75, 3.05) is 18.5 Å². The third kappa shape index (κ3) is 3.16. The van der Waals surface area contributed by atoms with Crippen LogP contribution in [0.25, 0.3) is 10.9 Å². The molecule has 4 N–H and O–H groups in total.